The normalized spacial score (nSPS) is 14.7. The summed E-state index contributed by atoms with van der Waals surface area (Å²) in [5.74, 6) is 0.150. The van der Waals surface area contributed by atoms with Gasteiger partial charge in [-0.05, 0) is 18.8 Å². The summed E-state index contributed by atoms with van der Waals surface area (Å²) in [7, 11) is 0. The molecular weight excluding hydrogens is 192 g/mol. The van der Waals surface area contributed by atoms with Gasteiger partial charge in [0, 0.05) is 0 Å². The lowest BCUT2D eigenvalue weighted by atomic mass is 10.0. The van der Waals surface area contributed by atoms with Gasteiger partial charge < -0.3 is 15.8 Å². The van der Waals surface area contributed by atoms with Gasteiger partial charge in [0.15, 0.2) is 0 Å². The molecule has 0 radical (unpaired) electrons. The predicted octanol–water partition coefficient (Wildman–Crippen LogP) is 0.844. The molecule has 4 heteroatoms. The Morgan fingerprint density at radius 1 is 1.47 bits per heavy atom. The number of hydrogen-bond acceptors (Lipinski definition) is 3. The summed E-state index contributed by atoms with van der Waals surface area (Å²) >= 11 is 0. The molecular formula is C11H22N2O2. The number of rotatable bonds is 7. The number of aldehydes is 1. The van der Waals surface area contributed by atoms with Crippen molar-refractivity contribution in [1.29, 1.82) is 0 Å². The Morgan fingerprint density at radius 3 is 2.47 bits per heavy atom. The average molecular weight is 214 g/mol. The highest BCUT2D eigenvalue weighted by atomic mass is 16.2. The maximum absolute atomic E-state index is 11.5. The second-order valence-electron chi connectivity index (χ2n) is 4.28. The third-order valence-electron chi connectivity index (χ3n) is 2.15. The van der Waals surface area contributed by atoms with Crippen LogP contribution in [0.4, 0.5) is 0 Å². The first-order chi connectivity index (χ1) is 7.01. The van der Waals surface area contributed by atoms with Crippen molar-refractivity contribution in [1.82, 2.24) is 5.32 Å². The molecule has 0 aromatic heterocycles. The number of hydrogen-bond donors (Lipinski definition) is 2. The smallest absolute Gasteiger partial charge is 0.237 e. The largest absolute Gasteiger partial charge is 0.345 e. The van der Waals surface area contributed by atoms with Gasteiger partial charge in [0.1, 0.15) is 6.29 Å². The number of carbonyl (C=O) groups is 2. The Balaban J connectivity index is 4.05. The van der Waals surface area contributed by atoms with E-state index in [2.05, 4.69) is 5.32 Å². The fourth-order valence-electron chi connectivity index (χ4n) is 1.39. The highest BCUT2D eigenvalue weighted by molar-refractivity contribution is 5.84. The van der Waals surface area contributed by atoms with Gasteiger partial charge >= 0.3 is 0 Å². The van der Waals surface area contributed by atoms with Crippen molar-refractivity contribution in [3.05, 3.63) is 0 Å². The topological polar surface area (TPSA) is 72.2 Å². The SMILES string of the molecule is CCC[C@H](N)C(=O)N[C@H](C=O)CC(C)C. The first-order valence-corrected chi connectivity index (χ1v) is 5.52. The van der Waals surface area contributed by atoms with E-state index in [-0.39, 0.29) is 5.91 Å². The molecule has 2 atom stereocenters. The summed E-state index contributed by atoms with van der Waals surface area (Å²) < 4.78 is 0. The van der Waals surface area contributed by atoms with Crippen LogP contribution < -0.4 is 11.1 Å². The Hall–Kier alpha value is -0.900. The summed E-state index contributed by atoms with van der Waals surface area (Å²) in [6.45, 7) is 5.99. The molecule has 0 aromatic carbocycles. The highest BCUT2D eigenvalue weighted by Gasteiger charge is 2.17. The van der Waals surface area contributed by atoms with Crippen LogP contribution >= 0.6 is 0 Å². The molecule has 0 aromatic rings. The van der Waals surface area contributed by atoms with Crippen molar-refractivity contribution in [2.75, 3.05) is 0 Å². The first-order valence-electron chi connectivity index (χ1n) is 5.52. The third-order valence-corrected chi connectivity index (χ3v) is 2.15. The van der Waals surface area contributed by atoms with Gasteiger partial charge in [0.25, 0.3) is 0 Å². The average Bonchev–Trinajstić information content (AvgIpc) is 2.16. The summed E-state index contributed by atoms with van der Waals surface area (Å²) in [5, 5.41) is 2.65. The van der Waals surface area contributed by atoms with Crippen LogP contribution in [-0.4, -0.2) is 24.3 Å². The summed E-state index contributed by atoms with van der Waals surface area (Å²) in [6.07, 6.45) is 2.95. The first kappa shape index (κ1) is 14.1. The van der Waals surface area contributed by atoms with E-state index in [1.54, 1.807) is 0 Å². The molecule has 0 fully saturated rings. The number of amides is 1. The fraction of sp³-hybridized carbons (Fsp3) is 0.818. The molecule has 15 heavy (non-hydrogen) atoms. The van der Waals surface area contributed by atoms with Crippen LogP contribution in [0.25, 0.3) is 0 Å². The van der Waals surface area contributed by atoms with Crippen molar-refractivity contribution in [3.63, 3.8) is 0 Å². The lowest BCUT2D eigenvalue weighted by molar-refractivity contribution is -0.125. The van der Waals surface area contributed by atoms with E-state index in [1.807, 2.05) is 20.8 Å². The van der Waals surface area contributed by atoms with Crippen LogP contribution in [0.1, 0.15) is 40.0 Å². The zero-order valence-corrected chi connectivity index (χ0v) is 9.82. The number of nitrogens with two attached hydrogens (primary N) is 1. The maximum Gasteiger partial charge on any atom is 0.237 e. The Labute approximate surface area is 91.6 Å². The minimum Gasteiger partial charge on any atom is -0.345 e. The molecule has 0 aliphatic rings. The van der Waals surface area contributed by atoms with Crippen molar-refractivity contribution in [2.45, 2.75) is 52.1 Å². The van der Waals surface area contributed by atoms with E-state index in [0.29, 0.717) is 18.8 Å². The van der Waals surface area contributed by atoms with Gasteiger partial charge in [-0.2, -0.15) is 0 Å². The van der Waals surface area contributed by atoms with Crippen LogP contribution in [0, 0.1) is 5.92 Å². The van der Waals surface area contributed by atoms with Crippen LogP contribution in [0.3, 0.4) is 0 Å². The van der Waals surface area contributed by atoms with Crippen LogP contribution in [-0.2, 0) is 9.59 Å². The van der Waals surface area contributed by atoms with Crippen LogP contribution in [0.5, 0.6) is 0 Å². The minimum absolute atomic E-state index is 0.227. The quantitative estimate of drug-likeness (QED) is 0.617. The Bertz CT molecular complexity index is 205. The molecule has 4 nitrogen and oxygen atoms in total. The van der Waals surface area contributed by atoms with Crippen molar-refractivity contribution in [3.8, 4) is 0 Å². The summed E-state index contributed by atoms with van der Waals surface area (Å²) in [5.41, 5.74) is 5.63. The lowest BCUT2D eigenvalue weighted by Gasteiger charge is -2.17. The standard InChI is InChI=1S/C11H22N2O2/c1-4-5-10(12)11(15)13-9(7-14)6-8(2)3/h7-10H,4-6,12H2,1-3H3,(H,13,15)/t9-,10-/m0/s1. The molecule has 0 spiro atoms. The van der Waals surface area contributed by atoms with Crippen LogP contribution in [0.15, 0.2) is 0 Å². The molecule has 0 rings (SSSR count). The monoisotopic (exact) mass is 214 g/mol. The minimum atomic E-state index is -0.496. The van der Waals surface area contributed by atoms with E-state index in [4.69, 9.17) is 5.73 Å². The van der Waals surface area contributed by atoms with Gasteiger partial charge in [-0.25, -0.2) is 0 Å². The molecule has 1 amide bonds. The maximum atomic E-state index is 11.5. The van der Waals surface area contributed by atoms with Crippen molar-refractivity contribution < 1.29 is 9.59 Å². The fourth-order valence-corrected chi connectivity index (χ4v) is 1.39. The molecule has 0 aliphatic carbocycles. The van der Waals surface area contributed by atoms with Gasteiger partial charge in [0.05, 0.1) is 12.1 Å². The van der Waals surface area contributed by atoms with Gasteiger partial charge in [-0.15, -0.1) is 0 Å². The van der Waals surface area contributed by atoms with Crippen molar-refractivity contribution >= 4 is 12.2 Å². The zero-order chi connectivity index (χ0) is 11.8. The molecule has 0 aliphatic heterocycles. The van der Waals surface area contributed by atoms with E-state index >= 15 is 0 Å². The van der Waals surface area contributed by atoms with E-state index < -0.39 is 12.1 Å². The van der Waals surface area contributed by atoms with E-state index in [0.717, 1.165) is 12.7 Å². The van der Waals surface area contributed by atoms with Gasteiger partial charge in [-0.1, -0.05) is 27.2 Å². The second-order valence-corrected chi connectivity index (χ2v) is 4.28. The predicted molar refractivity (Wildman–Crippen MR) is 60.3 cm³/mol. The van der Waals surface area contributed by atoms with E-state index in [9.17, 15) is 9.59 Å². The molecule has 0 unspecified atom stereocenters. The highest BCUT2D eigenvalue weighted by Crippen LogP contribution is 2.03. The summed E-state index contributed by atoms with van der Waals surface area (Å²) in [4.78, 5) is 22.2. The molecule has 3 N–H and O–H groups in total. The number of nitrogens with one attached hydrogen (secondary N) is 1. The molecule has 0 bridgehead atoms. The molecule has 0 saturated heterocycles. The van der Waals surface area contributed by atoms with Crippen LogP contribution in [0.2, 0.25) is 0 Å². The third kappa shape index (κ3) is 6.23. The molecule has 0 saturated carbocycles. The Morgan fingerprint density at radius 2 is 2.07 bits per heavy atom. The summed E-state index contributed by atoms with van der Waals surface area (Å²) in [6, 6.07) is -0.898. The zero-order valence-electron chi connectivity index (χ0n) is 9.82. The Kier molecular flexibility index (Phi) is 6.96. The number of carbonyl (C=O) groups excluding carboxylic acids is 2. The lowest BCUT2D eigenvalue weighted by Crippen LogP contribution is -2.46. The molecule has 0 heterocycles. The second kappa shape index (κ2) is 7.40. The molecule has 88 valence electrons. The van der Waals surface area contributed by atoms with Crippen molar-refractivity contribution in [2.24, 2.45) is 11.7 Å². The van der Waals surface area contributed by atoms with E-state index in [1.165, 1.54) is 0 Å². The van der Waals surface area contributed by atoms with Gasteiger partial charge in [-0.3, -0.25) is 4.79 Å². The van der Waals surface area contributed by atoms with Gasteiger partial charge in [0.2, 0.25) is 5.91 Å².